The van der Waals surface area contributed by atoms with Gasteiger partial charge in [-0.15, -0.1) is 0 Å². The van der Waals surface area contributed by atoms with Gasteiger partial charge >= 0.3 is 0 Å². The van der Waals surface area contributed by atoms with Crippen LogP contribution in [0.3, 0.4) is 0 Å². The molecule has 0 bridgehead atoms. The monoisotopic (exact) mass is 236 g/mol. The normalized spacial score (nSPS) is 13.7. The number of hydrogen-bond donors (Lipinski definition) is 0. The van der Waals surface area contributed by atoms with Crippen LogP contribution in [-0.2, 0) is 4.79 Å². The molecular weight excluding hydrogens is 224 g/mol. The molecular formula is C16H12O2. The Labute approximate surface area is 104 Å². The van der Waals surface area contributed by atoms with E-state index >= 15 is 0 Å². The summed E-state index contributed by atoms with van der Waals surface area (Å²) in [6.07, 6.45) is 3.98. The van der Waals surface area contributed by atoms with Crippen LogP contribution in [0.15, 0.2) is 35.1 Å². The summed E-state index contributed by atoms with van der Waals surface area (Å²) in [4.78, 5) is 23.5. The molecule has 0 N–H and O–H groups in total. The van der Waals surface area contributed by atoms with E-state index in [9.17, 15) is 9.59 Å². The molecule has 2 nitrogen and oxygen atoms in total. The van der Waals surface area contributed by atoms with Crippen molar-refractivity contribution in [3.05, 3.63) is 56.6 Å². The smallest absolute Gasteiger partial charge is 0.186 e. The van der Waals surface area contributed by atoms with Gasteiger partial charge in [0.05, 0.1) is 0 Å². The number of aryl methyl sites for hydroxylation is 1. The fourth-order valence-electron chi connectivity index (χ4n) is 2.38. The van der Waals surface area contributed by atoms with Crippen molar-refractivity contribution in [2.24, 2.45) is 0 Å². The zero-order valence-corrected chi connectivity index (χ0v) is 10.1. The Balaban J connectivity index is 2.61. The predicted octanol–water partition coefficient (Wildman–Crippen LogP) is 1.04. The summed E-state index contributed by atoms with van der Waals surface area (Å²) in [6.45, 7) is 1.91. The third-order valence-electron chi connectivity index (χ3n) is 3.28. The van der Waals surface area contributed by atoms with Crippen LogP contribution < -0.4 is 15.9 Å². The van der Waals surface area contributed by atoms with Gasteiger partial charge in [0.2, 0.25) is 0 Å². The Hall–Kier alpha value is -2.22. The first-order valence-electron chi connectivity index (χ1n) is 5.93. The first-order chi connectivity index (χ1) is 8.65. The van der Waals surface area contributed by atoms with Crippen LogP contribution in [0.5, 0.6) is 0 Å². The summed E-state index contributed by atoms with van der Waals surface area (Å²) in [5.41, 5.74) is 0.974. The highest BCUT2D eigenvalue weighted by Crippen LogP contribution is 2.05. The fourth-order valence-corrected chi connectivity index (χ4v) is 2.38. The van der Waals surface area contributed by atoms with E-state index in [4.69, 9.17) is 0 Å². The highest BCUT2D eigenvalue weighted by atomic mass is 16.1. The number of carbonyl (C=O) groups excluding carboxylic acids is 1. The van der Waals surface area contributed by atoms with Crippen molar-refractivity contribution >= 4 is 28.7 Å². The first kappa shape index (κ1) is 10.9. The third kappa shape index (κ3) is 1.66. The molecule has 0 saturated carbocycles. The predicted molar refractivity (Wildman–Crippen MR) is 72.8 cm³/mol. The Bertz CT molecular complexity index is 845. The lowest BCUT2D eigenvalue weighted by Crippen LogP contribution is -2.30. The molecule has 2 aromatic carbocycles. The van der Waals surface area contributed by atoms with E-state index in [1.54, 1.807) is 18.2 Å². The zero-order valence-electron chi connectivity index (χ0n) is 10.1. The van der Waals surface area contributed by atoms with Gasteiger partial charge in [-0.1, -0.05) is 24.3 Å². The average molecular weight is 236 g/mol. The maximum Gasteiger partial charge on any atom is 0.186 e. The summed E-state index contributed by atoms with van der Waals surface area (Å²) < 4.78 is 0. The van der Waals surface area contributed by atoms with Crippen LogP contribution >= 0.6 is 0 Å². The van der Waals surface area contributed by atoms with Crippen molar-refractivity contribution in [2.75, 3.05) is 0 Å². The van der Waals surface area contributed by atoms with Gasteiger partial charge in [0.1, 0.15) is 0 Å². The van der Waals surface area contributed by atoms with Gasteiger partial charge in [0.15, 0.2) is 11.2 Å². The molecule has 1 aliphatic carbocycles. The largest absolute Gasteiger partial charge is 0.294 e. The van der Waals surface area contributed by atoms with Gasteiger partial charge in [-0.25, -0.2) is 0 Å². The number of benzene rings is 1. The lowest BCUT2D eigenvalue weighted by atomic mass is 10.0. The van der Waals surface area contributed by atoms with Gasteiger partial charge in [0.25, 0.3) is 0 Å². The van der Waals surface area contributed by atoms with Crippen molar-refractivity contribution in [1.29, 1.82) is 0 Å². The number of ketones is 1. The molecule has 0 spiro atoms. The Morgan fingerprint density at radius 1 is 1.00 bits per heavy atom. The maximum absolute atomic E-state index is 12.1. The Kier molecular flexibility index (Phi) is 2.37. The summed E-state index contributed by atoms with van der Waals surface area (Å²) in [7, 11) is 0. The molecule has 0 atom stereocenters. The Morgan fingerprint density at radius 3 is 2.61 bits per heavy atom. The highest BCUT2D eigenvalue weighted by Gasteiger charge is 2.05. The van der Waals surface area contributed by atoms with Crippen molar-refractivity contribution < 1.29 is 4.79 Å². The quantitative estimate of drug-likeness (QED) is 0.685. The van der Waals surface area contributed by atoms with Crippen LogP contribution in [0.25, 0.3) is 22.9 Å². The molecule has 0 unspecified atom stereocenters. The Morgan fingerprint density at radius 2 is 1.78 bits per heavy atom. The molecule has 0 aliphatic heterocycles. The van der Waals surface area contributed by atoms with E-state index in [0.717, 1.165) is 21.4 Å². The van der Waals surface area contributed by atoms with E-state index in [1.165, 1.54) is 0 Å². The number of carbonyl (C=O) groups is 1. The number of rotatable bonds is 0. The van der Waals surface area contributed by atoms with Crippen LogP contribution in [0, 0.1) is 6.92 Å². The van der Waals surface area contributed by atoms with Gasteiger partial charge in [-0.3, -0.25) is 9.59 Å². The summed E-state index contributed by atoms with van der Waals surface area (Å²) >= 11 is 0. The van der Waals surface area contributed by atoms with E-state index in [2.05, 4.69) is 0 Å². The number of fused-ring (bicyclic) bond motifs is 3. The molecule has 0 radical (unpaired) electrons. The van der Waals surface area contributed by atoms with Crippen LogP contribution in [0.1, 0.15) is 12.0 Å². The van der Waals surface area contributed by atoms with E-state index in [1.807, 2.05) is 31.2 Å². The molecule has 88 valence electrons. The second-order valence-electron chi connectivity index (χ2n) is 4.63. The minimum absolute atomic E-state index is 0.0283. The van der Waals surface area contributed by atoms with Crippen molar-refractivity contribution in [1.82, 2.24) is 0 Å². The van der Waals surface area contributed by atoms with E-state index < -0.39 is 0 Å². The van der Waals surface area contributed by atoms with Crippen molar-refractivity contribution in [3.8, 4) is 0 Å². The lowest BCUT2D eigenvalue weighted by Gasteiger charge is -2.01. The molecule has 0 amide bonds. The highest BCUT2D eigenvalue weighted by molar-refractivity contribution is 6.10. The van der Waals surface area contributed by atoms with Crippen molar-refractivity contribution in [3.63, 3.8) is 0 Å². The molecule has 0 fully saturated rings. The van der Waals surface area contributed by atoms with Crippen LogP contribution in [-0.4, -0.2) is 5.78 Å². The van der Waals surface area contributed by atoms with Crippen LogP contribution in [0.4, 0.5) is 0 Å². The molecule has 0 aromatic heterocycles. The fraction of sp³-hybridized carbons (Fsp3) is 0.125. The number of Topliss-reactive ketones (excluding diaryl/α,β-unsaturated/α-hetero) is 1. The minimum atomic E-state index is 0.0283. The second kappa shape index (κ2) is 3.91. The first-order valence-corrected chi connectivity index (χ1v) is 5.93. The van der Waals surface area contributed by atoms with Gasteiger partial charge in [-0.05, 0) is 46.5 Å². The van der Waals surface area contributed by atoms with Crippen molar-refractivity contribution in [2.45, 2.75) is 13.3 Å². The molecule has 3 rings (SSSR count). The topological polar surface area (TPSA) is 34.1 Å². The molecule has 18 heavy (non-hydrogen) atoms. The van der Waals surface area contributed by atoms with E-state index in [-0.39, 0.29) is 11.2 Å². The molecule has 2 heteroatoms. The van der Waals surface area contributed by atoms with Gasteiger partial charge < -0.3 is 0 Å². The standard InChI is InChI=1S/C16H12O2/c1-10-2-5-14-13-7-4-12(17)9-11(13)3-6-15(14)16(18)8-10/h2-3,5-9H,4H2,1H3. The molecule has 0 saturated heterocycles. The minimum Gasteiger partial charge on any atom is -0.294 e. The number of hydrogen-bond acceptors (Lipinski definition) is 2. The average Bonchev–Trinajstić information content (AvgIpc) is 2.48. The molecule has 0 heterocycles. The van der Waals surface area contributed by atoms with E-state index in [0.29, 0.717) is 11.8 Å². The lowest BCUT2D eigenvalue weighted by molar-refractivity contribution is -0.112. The second-order valence-corrected chi connectivity index (χ2v) is 4.63. The third-order valence-corrected chi connectivity index (χ3v) is 3.28. The van der Waals surface area contributed by atoms with Gasteiger partial charge in [0, 0.05) is 11.8 Å². The zero-order chi connectivity index (χ0) is 12.7. The van der Waals surface area contributed by atoms with Crippen LogP contribution in [0.2, 0.25) is 0 Å². The SMILES string of the molecule is Cc1ccc2c3c(ccc2c(=O)c1)=CC(=O)CC=3. The molecule has 1 aliphatic rings. The summed E-state index contributed by atoms with van der Waals surface area (Å²) in [5.74, 6) is 0.112. The molecule has 2 aromatic rings. The summed E-state index contributed by atoms with van der Waals surface area (Å²) in [5, 5.41) is 3.54. The maximum atomic E-state index is 12.1. The van der Waals surface area contributed by atoms with Gasteiger partial charge in [-0.2, -0.15) is 0 Å². The summed E-state index contributed by atoms with van der Waals surface area (Å²) in [6, 6.07) is 9.20.